The molecule has 1 unspecified atom stereocenters. The highest BCUT2D eigenvalue weighted by Gasteiger charge is 2.40. The topological polar surface area (TPSA) is 73.2 Å². The van der Waals surface area contributed by atoms with Crippen LogP contribution in [-0.4, -0.2) is 64.1 Å². The van der Waals surface area contributed by atoms with Crippen molar-refractivity contribution in [2.75, 3.05) is 44.5 Å². The molecule has 0 bridgehead atoms. The van der Waals surface area contributed by atoms with Gasteiger partial charge in [-0.25, -0.2) is 9.34 Å². The lowest BCUT2D eigenvalue weighted by molar-refractivity contribution is 0.166. The number of nitrogens with zero attached hydrogens (tertiary/aromatic N) is 2. The van der Waals surface area contributed by atoms with Gasteiger partial charge in [0.2, 0.25) is 0 Å². The van der Waals surface area contributed by atoms with E-state index in [2.05, 4.69) is 13.8 Å². The van der Waals surface area contributed by atoms with Crippen molar-refractivity contribution in [2.45, 2.75) is 57.3 Å². The van der Waals surface area contributed by atoms with Crippen molar-refractivity contribution in [1.29, 1.82) is 0 Å². The van der Waals surface area contributed by atoms with Crippen LogP contribution in [0, 0.1) is 0 Å². The van der Waals surface area contributed by atoms with Gasteiger partial charge >= 0.3 is 7.67 Å². The van der Waals surface area contributed by atoms with Crippen molar-refractivity contribution < 1.29 is 19.3 Å². The van der Waals surface area contributed by atoms with Gasteiger partial charge in [-0.05, 0) is 72.4 Å². The Morgan fingerprint density at radius 2 is 1.62 bits per heavy atom. The quantitative estimate of drug-likeness (QED) is 0.141. The van der Waals surface area contributed by atoms with Gasteiger partial charge < -0.3 is 14.7 Å². The molecule has 3 rings (SSSR count). The number of aromatic hydroxyl groups is 2. The Morgan fingerprint density at radius 3 is 2.19 bits per heavy atom. The standard InChI is InChI=1S/C28H41Cl2N2O4P/c1-3-28(2,24-10-14-26(34)15-11-24)27(23-8-12-25(33)13-9-23)7-4-5-18-31-19-6-22-36-37(31,35)32(20-16-29)21-17-30/h8-15,27,33-34H,3-7,16-22H2,1-2H3/t27-,28+,37?/m1/s1. The number of phenols is 2. The third kappa shape index (κ3) is 7.44. The molecule has 2 aromatic carbocycles. The second-order valence-electron chi connectivity index (χ2n) is 9.92. The molecular formula is C28H41Cl2N2O4P. The lowest BCUT2D eigenvalue weighted by Gasteiger charge is -2.41. The van der Waals surface area contributed by atoms with E-state index in [1.165, 1.54) is 11.1 Å². The molecule has 3 atom stereocenters. The largest absolute Gasteiger partial charge is 0.508 e. The number of benzene rings is 2. The van der Waals surface area contributed by atoms with Crippen LogP contribution < -0.4 is 0 Å². The van der Waals surface area contributed by atoms with E-state index >= 15 is 0 Å². The molecule has 1 aliphatic rings. The van der Waals surface area contributed by atoms with E-state index in [1.54, 1.807) is 24.3 Å². The highest BCUT2D eigenvalue weighted by atomic mass is 35.5. The molecule has 1 fully saturated rings. The fourth-order valence-corrected chi connectivity index (χ4v) is 8.58. The Hall–Kier alpha value is -1.27. The highest BCUT2D eigenvalue weighted by Crippen LogP contribution is 2.56. The van der Waals surface area contributed by atoms with Gasteiger partial charge in [0.05, 0.1) is 6.61 Å². The molecule has 0 aliphatic carbocycles. The number of hydrogen-bond donors (Lipinski definition) is 2. The van der Waals surface area contributed by atoms with Gasteiger partial charge in [-0.15, -0.1) is 23.2 Å². The molecule has 6 nitrogen and oxygen atoms in total. The number of unbranched alkanes of at least 4 members (excludes halogenated alkanes) is 1. The van der Waals surface area contributed by atoms with Crippen molar-refractivity contribution in [3.8, 4) is 11.5 Å². The lowest BCUT2D eigenvalue weighted by atomic mass is 9.65. The summed E-state index contributed by atoms with van der Waals surface area (Å²) in [7, 11) is -3.14. The first-order valence-corrected chi connectivity index (χ1v) is 15.8. The molecule has 0 radical (unpaired) electrons. The van der Waals surface area contributed by atoms with E-state index in [0.717, 1.165) is 38.6 Å². The molecule has 0 aromatic heterocycles. The average molecular weight is 572 g/mol. The maximum atomic E-state index is 13.9. The van der Waals surface area contributed by atoms with Crippen LogP contribution >= 0.6 is 30.9 Å². The summed E-state index contributed by atoms with van der Waals surface area (Å²) in [5, 5.41) is 19.7. The minimum absolute atomic E-state index is 0.161. The van der Waals surface area contributed by atoms with Crippen LogP contribution in [0.5, 0.6) is 11.5 Å². The zero-order valence-corrected chi connectivity index (χ0v) is 24.4. The molecule has 1 aliphatic heterocycles. The molecule has 206 valence electrons. The Labute approximate surface area is 232 Å². The first-order valence-electron chi connectivity index (χ1n) is 13.2. The molecule has 1 heterocycles. The van der Waals surface area contributed by atoms with Gasteiger partial charge in [-0.2, -0.15) is 0 Å². The summed E-state index contributed by atoms with van der Waals surface area (Å²) in [6.45, 7) is 7.34. The van der Waals surface area contributed by atoms with Gasteiger partial charge in [0.25, 0.3) is 0 Å². The number of rotatable bonds is 14. The van der Waals surface area contributed by atoms with E-state index in [9.17, 15) is 14.8 Å². The van der Waals surface area contributed by atoms with E-state index in [4.69, 9.17) is 27.7 Å². The Kier molecular flexibility index (Phi) is 11.6. The number of alkyl halides is 2. The van der Waals surface area contributed by atoms with Crippen LogP contribution in [0.1, 0.15) is 63.0 Å². The van der Waals surface area contributed by atoms with Crippen molar-refractivity contribution in [2.24, 2.45) is 0 Å². The lowest BCUT2D eigenvalue weighted by Crippen LogP contribution is -2.39. The predicted molar refractivity (Wildman–Crippen MR) is 153 cm³/mol. The minimum Gasteiger partial charge on any atom is -0.508 e. The molecule has 9 heteroatoms. The Balaban J connectivity index is 1.76. The SMILES string of the molecule is CC[C@@](C)(c1ccc(O)cc1)[C@H](CCCCN1CCCOP1(=O)N(CCCl)CCCl)c1ccc(O)cc1. The average Bonchev–Trinajstić information content (AvgIpc) is 2.90. The summed E-state index contributed by atoms with van der Waals surface area (Å²) >= 11 is 12.0. The Bertz CT molecular complexity index is 1000. The minimum atomic E-state index is -3.14. The summed E-state index contributed by atoms with van der Waals surface area (Å²) in [5.74, 6) is 1.47. The van der Waals surface area contributed by atoms with E-state index < -0.39 is 7.67 Å². The number of hydrogen-bond acceptors (Lipinski definition) is 4. The summed E-state index contributed by atoms with van der Waals surface area (Å²) in [6, 6.07) is 15.0. The molecule has 2 aromatic rings. The Morgan fingerprint density at radius 1 is 1.03 bits per heavy atom. The van der Waals surface area contributed by atoms with Crippen LogP contribution in [0.2, 0.25) is 0 Å². The zero-order valence-electron chi connectivity index (χ0n) is 22.0. The first-order chi connectivity index (χ1) is 17.8. The molecular weight excluding hydrogens is 530 g/mol. The monoisotopic (exact) mass is 570 g/mol. The second-order valence-corrected chi connectivity index (χ2v) is 13.0. The second kappa shape index (κ2) is 14.2. The normalized spacial score (nSPS) is 21.1. The zero-order chi connectivity index (χ0) is 26.9. The van der Waals surface area contributed by atoms with Crippen LogP contribution in [0.3, 0.4) is 0 Å². The third-order valence-electron chi connectivity index (χ3n) is 7.70. The van der Waals surface area contributed by atoms with Gasteiger partial charge in [0.15, 0.2) is 0 Å². The van der Waals surface area contributed by atoms with Crippen LogP contribution in [0.4, 0.5) is 0 Å². The van der Waals surface area contributed by atoms with Gasteiger partial charge in [-0.1, -0.05) is 44.5 Å². The molecule has 2 N–H and O–H groups in total. The highest BCUT2D eigenvalue weighted by molar-refractivity contribution is 7.54. The summed E-state index contributed by atoms with van der Waals surface area (Å²) in [6.07, 6.45) is 4.53. The molecule has 0 amide bonds. The van der Waals surface area contributed by atoms with E-state index in [-0.39, 0.29) is 22.8 Å². The number of phenolic OH excluding ortho intramolecular Hbond substituents is 2. The van der Waals surface area contributed by atoms with Gasteiger partial charge in [0.1, 0.15) is 11.5 Å². The fraction of sp³-hybridized carbons (Fsp3) is 0.571. The maximum absolute atomic E-state index is 13.9. The smallest absolute Gasteiger partial charge is 0.346 e. The van der Waals surface area contributed by atoms with Crippen molar-refractivity contribution >= 4 is 30.9 Å². The fourth-order valence-electron chi connectivity index (χ4n) is 5.39. The van der Waals surface area contributed by atoms with Crippen LogP contribution in [0.25, 0.3) is 0 Å². The maximum Gasteiger partial charge on any atom is 0.346 e. The van der Waals surface area contributed by atoms with E-state index in [1.807, 2.05) is 33.6 Å². The molecule has 37 heavy (non-hydrogen) atoms. The van der Waals surface area contributed by atoms with Gasteiger partial charge in [0, 0.05) is 37.9 Å². The molecule has 0 saturated carbocycles. The van der Waals surface area contributed by atoms with E-state index in [0.29, 0.717) is 38.0 Å². The van der Waals surface area contributed by atoms with Gasteiger partial charge in [-0.3, -0.25) is 4.57 Å². The van der Waals surface area contributed by atoms with Crippen LogP contribution in [-0.2, 0) is 14.5 Å². The first kappa shape index (κ1) is 30.3. The summed E-state index contributed by atoms with van der Waals surface area (Å²) < 4.78 is 23.6. The van der Waals surface area contributed by atoms with Crippen LogP contribution in [0.15, 0.2) is 48.5 Å². The summed E-state index contributed by atoms with van der Waals surface area (Å²) in [4.78, 5) is 0. The number of halogens is 2. The molecule has 1 saturated heterocycles. The summed E-state index contributed by atoms with van der Waals surface area (Å²) in [5.41, 5.74) is 2.20. The van der Waals surface area contributed by atoms with Crippen molar-refractivity contribution in [3.05, 3.63) is 59.7 Å². The molecule has 0 spiro atoms. The van der Waals surface area contributed by atoms with Crippen molar-refractivity contribution in [1.82, 2.24) is 9.34 Å². The predicted octanol–water partition coefficient (Wildman–Crippen LogP) is 7.33. The third-order valence-corrected chi connectivity index (χ3v) is 10.8. The van der Waals surface area contributed by atoms with Crippen molar-refractivity contribution in [3.63, 3.8) is 0 Å².